The summed E-state index contributed by atoms with van der Waals surface area (Å²) >= 11 is 0. The highest BCUT2D eigenvalue weighted by molar-refractivity contribution is 5.59. The van der Waals surface area contributed by atoms with E-state index in [1.165, 1.54) is 0 Å². The number of nitrogens with zero attached hydrogens (tertiary/aromatic N) is 4. The average molecular weight is 310 g/mol. The molecule has 23 heavy (non-hydrogen) atoms. The maximum absolute atomic E-state index is 5.15. The van der Waals surface area contributed by atoms with Crippen molar-refractivity contribution in [3.05, 3.63) is 42.2 Å². The molecule has 0 radical (unpaired) electrons. The van der Waals surface area contributed by atoms with Crippen molar-refractivity contribution >= 4 is 11.6 Å². The average Bonchev–Trinajstić information content (AvgIpc) is 3.03. The summed E-state index contributed by atoms with van der Waals surface area (Å²) in [6.45, 7) is 2.13. The number of nitrogens with one attached hydrogen (secondary N) is 2. The molecule has 0 saturated heterocycles. The van der Waals surface area contributed by atoms with E-state index in [9.17, 15) is 0 Å². The van der Waals surface area contributed by atoms with Crippen LogP contribution in [0.5, 0.6) is 5.75 Å². The molecule has 0 unspecified atom stereocenters. The fraction of sp³-hybridized carbons (Fsp3) is 0.250. The van der Waals surface area contributed by atoms with Gasteiger partial charge in [-0.05, 0) is 30.7 Å². The van der Waals surface area contributed by atoms with Gasteiger partial charge in [-0.2, -0.15) is 10.2 Å². The molecule has 0 aliphatic carbocycles. The Morgan fingerprint density at radius 2 is 2.00 bits per heavy atom. The van der Waals surface area contributed by atoms with E-state index in [1.807, 2.05) is 30.3 Å². The summed E-state index contributed by atoms with van der Waals surface area (Å²) in [5.41, 5.74) is 1.96. The highest BCUT2D eigenvalue weighted by Crippen LogP contribution is 2.20. The van der Waals surface area contributed by atoms with E-state index in [1.54, 1.807) is 13.3 Å². The third kappa shape index (κ3) is 3.63. The molecule has 7 nitrogen and oxygen atoms in total. The van der Waals surface area contributed by atoms with Gasteiger partial charge in [-0.25, -0.2) is 4.98 Å². The van der Waals surface area contributed by atoms with Gasteiger partial charge in [-0.15, -0.1) is 5.10 Å². The Labute approximate surface area is 134 Å². The smallest absolute Gasteiger partial charge is 0.183 e. The number of aromatic nitrogens is 5. The Kier molecular flexibility index (Phi) is 4.46. The minimum Gasteiger partial charge on any atom is -0.497 e. The molecule has 3 rings (SSSR count). The Hall–Kier alpha value is -2.96. The van der Waals surface area contributed by atoms with E-state index in [-0.39, 0.29) is 0 Å². The van der Waals surface area contributed by atoms with Crippen molar-refractivity contribution in [1.82, 2.24) is 25.4 Å². The molecular weight excluding hydrogens is 292 g/mol. The number of ether oxygens (including phenoxy) is 1. The summed E-state index contributed by atoms with van der Waals surface area (Å²) in [5.74, 6) is 2.65. The van der Waals surface area contributed by atoms with Crippen LogP contribution in [-0.2, 0) is 6.42 Å². The molecule has 2 aromatic heterocycles. The second-order valence-electron chi connectivity index (χ2n) is 5.05. The fourth-order valence-corrected chi connectivity index (χ4v) is 2.18. The van der Waals surface area contributed by atoms with Crippen molar-refractivity contribution in [3.8, 4) is 17.1 Å². The number of H-pyrrole nitrogens is 1. The Bertz CT molecular complexity index is 768. The normalized spacial score (nSPS) is 10.5. The lowest BCUT2D eigenvalue weighted by Crippen LogP contribution is -1.99. The summed E-state index contributed by atoms with van der Waals surface area (Å²) in [6.07, 6.45) is 3.60. The molecule has 0 saturated carbocycles. The van der Waals surface area contributed by atoms with Crippen LogP contribution in [-0.4, -0.2) is 32.5 Å². The molecule has 0 fully saturated rings. The van der Waals surface area contributed by atoms with Crippen LogP contribution in [0, 0.1) is 0 Å². The number of aryl methyl sites for hydroxylation is 1. The van der Waals surface area contributed by atoms with E-state index in [0.717, 1.165) is 35.7 Å². The van der Waals surface area contributed by atoms with Gasteiger partial charge in [0.25, 0.3) is 0 Å². The van der Waals surface area contributed by atoms with Gasteiger partial charge in [0.05, 0.1) is 13.3 Å². The molecule has 2 heterocycles. The SMILES string of the molecule is CCCc1cc(Nc2cnnc(-c3ccc(OC)cc3)n2)n[nH]1. The van der Waals surface area contributed by atoms with Gasteiger partial charge in [0.1, 0.15) is 5.75 Å². The molecule has 0 aliphatic rings. The van der Waals surface area contributed by atoms with Crippen molar-refractivity contribution in [2.24, 2.45) is 0 Å². The Balaban J connectivity index is 1.78. The molecular formula is C16H18N6O. The van der Waals surface area contributed by atoms with E-state index in [0.29, 0.717) is 11.6 Å². The number of hydrogen-bond acceptors (Lipinski definition) is 6. The molecule has 0 bridgehead atoms. The van der Waals surface area contributed by atoms with Gasteiger partial charge in [0.2, 0.25) is 0 Å². The zero-order valence-electron chi connectivity index (χ0n) is 13.1. The Morgan fingerprint density at radius 1 is 1.17 bits per heavy atom. The monoisotopic (exact) mass is 310 g/mol. The number of anilines is 2. The van der Waals surface area contributed by atoms with Crippen molar-refractivity contribution in [1.29, 1.82) is 0 Å². The lowest BCUT2D eigenvalue weighted by molar-refractivity contribution is 0.415. The first-order valence-corrected chi connectivity index (χ1v) is 7.44. The minimum absolute atomic E-state index is 0.543. The van der Waals surface area contributed by atoms with Crippen molar-refractivity contribution in [3.63, 3.8) is 0 Å². The Morgan fingerprint density at radius 3 is 2.74 bits per heavy atom. The van der Waals surface area contributed by atoms with Gasteiger partial charge in [-0.1, -0.05) is 13.3 Å². The quantitative estimate of drug-likeness (QED) is 0.727. The van der Waals surface area contributed by atoms with Crippen molar-refractivity contribution in [2.75, 3.05) is 12.4 Å². The van der Waals surface area contributed by atoms with E-state index >= 15 is 0 Å². The van der Waals surface area contributed by atoms with Crippen LogP contribution in [0.25, 0.3) is 11.4 Å². The summed E-state index contributed by atoms with van der Waals surface area (Å²) < 4.78 is 5.15. The first-order valence-electron chi connectivity index (χ1n) is 7.44. The van der Waals surface area contributed by atoms with Crippen LogP contribution in [0.4, 0.5) is 11.6 Å². The molecule has 1 aromatic carbocycles. The number of rotatable bonds is 6. The molecule has 0 atom stereocenters. The van der Waals surface area contributed by atoms with Gasteiger partial charge in [-0.3, -0.25) is 5.10 Å². The van der Waals surface area contributed by atoms with E-state index < -0.39 is 0 Å². The summed E-state index contributed by atoms with van der Waals surface area (Å²) in [6, 6.07) is 9.49. The molecule has 0 amide bonds. The van der Waals surface area contributed by atoms with Crippen LogP contribution < -0.4 is 10.1 Å². The second-order valence-corrected chi connectivity index (χ2v) is 5.05. The zero-order valence-corrected chi connectivity index (χ0v) is 13.1. The molecule has 2 N–H and O–H groups in total. The van der Waals surface area contributed by atoms with Gasteiger partial charge < -0.3 is 10.1 Å². The summed E-state index contributed by atoms with van der Waals surface area (Å²) in [5, 5.41) is 18.4. The number of benzene rings is 1. The predicted molar refractivity (Wildman–Crippen MR) is 87.7 cm³/mol. The van der Waals surface area contributed by atoms with Gasteiger partial charge in [0.15, 0.2) is 17.5 Å². The third-order valence-electron chi connectivity index (χ3n) is 3.31. The van der Waals surface area contributed by atoms with Crippen LogP contribution in [0.15, 0.2) is 36.5 Å². The maximum Gasteiger partial charge on any atom is 0.183 e. The minimum atomic E-state index is 0.543. The largest absolute Gasteiger partial charge is 0.497 e. The second kappa shape index (κ2) is 6.87. The van der Waals surface area contributed by atoms with Crippen LogP contribution in [0.2, 0.25) is 0 Å². The molecule has 0 spiro atoms. The number of hydrogen-bond donors (Lipinski definition) is 2. The van der Waals surface area contributed by atoms with E-state index in [4.69, 9.17) is 4.74 Å². The van der Waals surface area contributed by atoms with Gasteiger partial charge in [0, 0.05) is 17.3 Å². The van der Waals surface area contributed by atoms with Crippen LogP contribution in [0.1, 0.15) is 19.0 Å². The lowest BCUT2D eigenvalue weighted by Gasteiger charge is -2.04. The lowest BCUT2D eigenvalue weighted by atomic mass is 10.2. The molecule has 118 valence electrons. The predicted octanol–water partition coefficient (Wildman–Crippen LogP) is 2.97. The first kappa shape index (κ1) is 15.0. The topological polar surface area (TPSA) is 88.6 Å². The maximum atomic E-state index is 5.15. The third-order valence-corrected chi connectivity index (χ3v) is 3.31. The van der Waals surface area contributed by atoms with Gasteiger partial charge >= 0.3 is 0 Å². The fourth-order valence-electron chi connectivity index (χ4n) is 2.18. The van der Waals surface area contributed by atoms with Crippen LogP contribution >= 0.6 is 0 Å². The first-order chi connectivity index (χ1) is 11.3. The molecule has 7 heteroatoms. The van der Waals surface area contributed by atoms with Crippen molar-refractivity contribution < 1.29 is 4.74 Å². The standard InChI is InChI=1S/C16H18N6O/c1-3-4-12-9-14(21-20-12)18-15-10-17-22-16(19-15)11-5-7-13(23-2)8-6-11/h5-10H,3-4H2,1-2H3,(H2,18,19,20,21,22). The highest BCUT2D eigenvalue weighted by Gasteiger charge is 2.06. The van der Waals surface area contributed by atoms with Crippen LogP contribution in [0.3, 0.4) is 0 Å². The van der Waals surface area contributed by atoms with E-state index in [2.05, 4.69) is 37.6 Å². The molecule has 0 aliphatic heterocycles. The zero-order chi connectivity index (χ0) is 16.1. The highest BCUT2D eigenvalue weighted by atomic mass is 16.5. The van der Waals surface area contributed by atoms with Crippen molar-refractivity contribution in [2.45, 2.75) is 19.8 Å². The molecule has 3 aromatic rings. The summed E-state index contributed by atoms with van der Waals surface area (Å²) in [7, 11) is 1.63. The summed E-state index contributed by atoms with van der Waals surface area (Å²) in [4.78, 5) is 4.47. The number of aromatic amines is 1. The number of methoxy groups -OCH3 is 1.